The van der Waals surface area contributed by atoms with Crippen LogP contribution in [-0.2, 0) is 18.9 Å². The molecule has 0 aromatic carbocycles. The van der Waals surface area contributed by atoms with Gasteiger partial charge in [0.1, 0.15) is 6.79 Å². The molecule has 114 valence electrons. The van der Waals surface area contributed by atoms with Crippen molar-refractivity contribution in [1.29, 1.82) is 0 Å². The fourth-order valence-corrected chi connectivity index (χ4v) is 4.71. The Morgan fingerprint density at radius 1 is 1.20 bits per heavy atom. The van der Waals surface area contributed by atoms with Crippen molar-refractivity contribution in [3.63, 3.8) is 0 Å². The van der Waals surface area contributed by atoms with Gasteiger partial charge in [0.2, 0.25) is 0 Å². The first kappa shape index (κ1) is 16.3. The van der Waals surface area contributed by atoms with Crippen LogP contribution in [0.5, 0.6) is 0 Å². The molecule has 0 N–H and O–H groups in total. The molecule has 2 unspecified atom stereocenters. The Morgan fingerprint density at radius 2 is 2.05 bits per heavy atom. The molecule has 4 nitrogen and oxygen atoms in total. The minimum absolute atomic E-state index is 0.141. The molecule has 0 fully saturated rings. The zero-order valence-electron chi connectivity index (χ0n) is 12.0. The zero-order valence-corrected chi connectivity index (χ0v) is 13.6. The average molecular weight is 318 g/mol. The normalized spacial score (nSPS) is 21.9. The maximum absolute atomic E-state index is 5.90. The van der Waals surface area contributed by atoms with Gasteiger partial charge in [0, 0.05) is 31.6 Å². The van der Waals surface area contributed by atoms with Gasteiger partial charge in [0.25, 0.3) is 0 Å². The maximum Gasteiger partial charge on any atom is 0.147 e. The molecule has 2 rings (SSSR count). The molecule has 6 heteroatoms. The van der Waals surface area contributed by atoms with E-state index in [2.05, 4.69) is 11.4 Å². The van der Waals surface area contributed by atoms with Crippen molar-refractivity contribution in [3.8, 4) is 0 Å². The fraction of sp³-hybridized carbons (Fsp3) is 0.714. The Bertz CT molecular complexity index is 383. The number of rotatable bonds is 9. The summed E-state index contributed by atoms with van der Waals surface area (Å²) in [5.74, 6) is 0. The highest BCUT2D eigenvalue weighted by Gasteiger charge is 2.29. The quantitative estimate of drug-likeness (QED) is 0.516. The van der Waals surface area contributed by atoms with Gasteiger partial charge in [-0.05, 0) is 24.3 Å². The number of ether oxygens (including phenoxy) is 4. The summed E-state index contributed by atoms with van der Waals surface area (Å²) in [7, 11) is 3.42. The largest absolute Gasteiger partial charge is 0.385 e. The minimum atomic E-state index is 0.141. The third-order valence-electron chi connectivity index (χ3n) is 3.18. The van der Waals surface area contributed by atoms with Crippen molar-refractivity contribution in [2.24, 2.45) is 0 Å². The zero-order chi connectivity index (χ0) is 14.2. The van der Waals surface area contributed by atoms with Crippen LogP contribution in [0.3, 0.4) is 0 Å². The molecule has 0 spiro atoms. The molecule has 0 aliphatic carbocycles. The molecule has 1 aromatic rings. The minimum Gasteiger partial charge on any atom is -0.385 e. The molecule has 1 aliphatic heterocycles. The molecule has 0 bridgehead atoms. The Balaban J connectivity index is 1.83. The van der Waals surface area contributed by atoms with E-state index in [1.807, 2.05) is 11.8 Å². The molecule has 0 amide bonds. The highest BCUT2D eigenvalue weighted by atomic mass is 32.2. The van der Waals surface area contributed by atoms with Gasteiger partial charge in [-0.15, -0.1) is 23.1 Å². The van der Waals surface area contributed by atoms with Crippen LogP contribution < -0.4 is 0 Å². The van der Waals surface area contributed by atoms with E-state index in [1.54, 1.807) is 25.6 Å². The van der Waals surface area contributed by atoms with Crippen molar-refractivity contribution in [1.82, 2.24) is 0 Å². The summed E-state index contributed by atoms with van der Waals surface area (Å²) in [5.41, 5.74) is 1.31. The number of fused-ring (bicyclic) bond motifs is 1. The van der Waals surface area contributed by atoms with Crippen molar-refractivity contribution in [3.05, 3.63) is 17.0 Å². The second kappa shape index (κ2) is 9.02. The van der Waals surface area contributed by atoms with Crippen molar-refractivity contribution in [2.75, 3.05) is 40.8 Å². The van der Waals surface area contributed by atoms with Crippen LogP contribution in [0.25, 0.3) is 0 Å². The van der Waals surface area contributed by atoms with Gasteiger partial charge in [0.05, 0.1) is 23.5 Å². The Hall–Kier alpha value is -0.110. The van der Waals surface area contributed by atoms with Gasteiger partial charge >= 0.3 is 0 Å². The van der Waals surface area contributed by atoms with Gasteiger partial charge in [-0.3, -0.25) is 0 Å². The van der Waals surface area contributed by atoms with E-state index in [4.69, 9.17) is 18.9 Å². The summed E-state index contributed by atoms with van der Waals surface area (Å²) < 4.78 is 22.8. The first-order valence-electron chi connectivity index (χ1n) is 6.76. The lowest BCUT2D eigenvalue weighted by molar-refractivity contribution is -0.102. The second-order valence-corrected chi connectivity index (χ2v) is 7.08. The molecule has 2 atom stereocenters. The van der Waals surface area contributed by atoms with E-state index in [0.717, 1.165) is 19.4 Å². The lowest BCUT2D eigenvalue weighted by atomic mass is 10.1. The first-order chi connectivity index (χ1) is 9.85. The first-order valence-corrected chi connectivity index (χ1v) is 8.52. The smallest absolute Gasteiger partial charge is 0.147 e. The van der Waals surface area contributed by atoms with Crippen LogP contribution in [0.2, 0.25) is 0 Å². The molecular formula is C14H22O4S2. The van der Waals surface area contributed by atoms with Gasteiger partial charge in [0.15, 0.2) is 0 Å². The number of hydrogen-bond acceptors (Lipinski definition) is 6. The van der Waals surface area contributed by atoms with Gasteiger partial charge in [-0.2, -0.15) is 0 Å². The fourth-order valence-electron chi connectivity index (χ4n) is 2.12. The Kier molecular flexibility index (Phi) is 7.33. The molecule has 1 aromatic heterocycles. The van der Waals surface area contributed by atoms with Crippen LogP contribution in [0.15, 0.2) is 15.7 Å². The summed E-state index contributed by atoms with van der Waals surface area (Å²) in [4.78, 5) is 0. The molecule has 0 saturated carbocycles. The summed E-state index contributed by atoms with van der Waals surface area (Å²) in [6.45, 7) is 2.30. The molecular weight excluding hydrogens is 296 g/mol. The van der Waals surface area contributed by atoms with Crippen LogP contribution in [-0.4, -0.2) is 46.1 Å². The summed E-state index contributed by atoms with van der Waals surface area (Å²) in [6, 6.07) is 2.17. The molecule has 20 heavy (non-hydrogen) atoms. The van der Waals surface area contributed by atoms with E-state index < -0.39 is 0 Å². The van der Waals surface area contributed by atoms with Crippen LogP contribution >= 0.6 is 23.1 Å². The summed E-state index contributed by atoms with van der Waals surface area (Å²) in [6.07, 6.45) is 2.22. The van der Waals surface area contributed by atoms with Crippen LogP contribution in [0.4, 0.5) is 0 Å². The standard InChI is InChI=1S/C14H22O4S2/c1-15-5-3-11-9-13(18-10-17-7-6-16-2)12-4-8-19-14(12)20-11/h4,8,11,13H,3,5-7,9-10H2,1-2H3. The number of hydrogen-bond donors (Lipinski definition) is 0. The van der Waals surface area contributed by atoms with E-state index in [9.17, 15) is 0 Å². The molecule has 0 saturated heterocycles. The topological polar surface area (TPSA) is 36.9 Å². The van der Waals surface area contributed by atoms with E-state index in [1.165, 1.54) is 9.77 Å². The number of methoxy groups -OCH3 is 2. The predicted octanol–water partition coefficient (Wildman–Crippen LogP) is 3.33. The highest BCUT2D eigenvalue weighted by molar-refractivity contribution is 8.01. The lowest BCUT2D eigenvalue weighted by Gasteiger charge is -2.28. The highest BCUT2D eigenvalue weighted by Crippen LogP contribution is 2.46. The van der Waals surface area contributed by atoms with E-state index in [0.29, 0.717) is 25.3 Å². The van der Waals surface area contributed by atoms with Crippen LogP contribution in [0.1, 0.15) is 24.5 Å². The maximum atomic E-state index is 5.90. The third kappa shape index (κ3) is 4.72. The van der Waals surface area contributed by atoms with E-state index >= 15 is 0 Å². The van der Waals surface area contributed by atoms with E-state index in [-0.39, 0.29) is 6.10 Å². The number of thioether (sulfide) groups is 1. The summed E-state index contributed by atoms with van der Waals surface area (Å²) in [5, 5.41) is 2.70. The predicted molar refractivity (Wildman–Crippen MR) is 81.6 cm³/mol. The lowest BCUT2D eigenvalue weighted by Crippen LogP contribution is -2.20. The van der Waals surface area contributed by atoms with Crippen molar-refractivity contribution < 1.29 is 18.9 Å². The summed E-state index contributed by atoms with van der Waals surface area (Å²) >= 11 is 3.75. The number of thiophene rings is 1. The van der Waals surface area contributed by atoms with Crippen molar-refractivity contribution >= 4 is 23.1 Å². The van der Waals surface area contributed by atoms with Gasteiger partial charge < -0.3 is 18.9 Å². The average Bonchev–Trinajstić information content (AvgIpc) is 2.93. The third-order valence-corrected chi connectivity index (χ3v) is 5.69. The SMILES string of the molecule is COCCOCOC1CC(CCOC)Sc2sccc21. The van der Waals surface area contributed by atoms with Gasteiger partial charge in [-0.1, -0.05) is 0 Å². The molecule has 2 heterocycles. The van der Waals surface area contributed by atoms with Crippen molar-refractivity contribution in [2.45, 2.75) is 28.4 Å². The van der Waals surface area contributed by atoms with Gasteiger partial charge in [-0.25, -0.2) is 0 Å². The van der Waals surface area contributed by atoms with Crippen LogP contribution in [0, 0.1) is 0 Å². The second-order valence-electron chi connectivity index (χ2n) is 4.59. The Labute approximate surface area is 128 Å². The monoisotopic (exact) mass is 318 g/mol. The molecule has 0 radical (unpaired) electrons. The Morgan fingerprint density at radius 3 is 2.85 bits per heavy atom. The molecule has 1 aliphatic rings.